The molecule has 0 amide bonds. The van der Waals surface area contributed by atoms with Gasteiger partial charge in [-0.15, -0.1) is 0 Å². The van der Waals surface area contributed by atoms with Crippen molar-refractivity contribution in [1.29, 1.82) is 0 Å². The number of hydrogen-bond acceptors (Lipinski definition) is 2. The number of carbonyl (C=O) groups is 1. The van der Waals surface area contributed by atoms with Crippen LogP contribution in [0.2, 0.25) is 0 Å². The summed E-state index contributed by atoms with van der Waals surface area (Å²) in [6.45, 7) is 8.45. The topological polar surface area (TPSA) is 29.1 Å². The molecule has 1 rings (SSSR count). The fourth-order valence-corrected chi connectivity index (χ4v) is 2.54. The maximum Gasteiger partial charge on any atom is 0.140 e. The summed E-state index contributed by atoms with van der Waals surface area (Å²) in [4.78, 5) is 12.3. The van der Waals surface area contributed by atoms with Gasteiger partial charge in [0.25, 0.3) is 0 Å². The summed E-state index contributed by atoms with van der Waals surface area (Å²) in [5, 5.41) is 3.33. The van der Waals surface area contributed by atoms with Crippen LogP contribution < -0.4 is 5.32 Å². The number of carbonyl (C=O) groups excluding carboxylic acids is 1. The van der Waals surface area contributed by atoms with Gasteiger partial charge in [0.05, 0.1) is 0 Å². The van der Waals surface area contributed by atoms with Crippen molar-refractivity contribution in [3.05, 3.63) is 0 Å². The van der Waals surface area contributed by atoms with E-state index in [1.54, 1.807) is 0 Å². The third-order valence-corrected chi connectivity index (χ3v) is 4.14. The molecule has 1 N–H and O–H groups in total. The van der Waals surface area contributed by atoms with Crippen LogP contribution in [0.25, 0.3) is 0 Å². The van der Waals surface area contributed by atoms with Crippen LogP contribution in [-0.4, -0.2) is 18.9 Å². The average molecular weight is 211 g/mol. The Bertz CT molecular complexity index is 203. The molecule has 2 heteroatoms. The molecule has 15 heavy (non-hydrogen) atoms. The molecule has 0 aromatic heterocycles. The first-order valence-corrected chi connectivity index (χ1v) is 6.42. The second-order valence-corrected chi connectivity index (χ2v) is 4.87. The fourth-order valence-electron chi connectivity index (χ4n) is 2.54. The molecule has 0 saturated carbocycles. The van der Waals surface area contributed by atoms with Crippen molar-refractivity contribution in [2.24, 2.45) is 11.3 Å². The molecular formula is C13H25NO. The molecule has 0 bridgehead atoms. The van der Waals surface area contributed by atoms with Crippen LogP contribution in [-0.2, 0) is 4.79 Å². The molecule has 1 fully saturated rings. The van der Waals surface area contributed by atoms with Crippen molar-refractivity contribution >= 4 is 5.78 Å². The highest BCUT2D eigenvalue weighted by molar-refractivity contribution is 5.85. The zero-order chi connectivity index (χ0) is 11.3. The molecular weight excluding hydrogens is 186 g/mol. The maximum atomic E-state index is 12.3. The van der Waals surface area contributed by atoms with Gasteiger partial charge in [-0.25, -0.2) is 0 Å². The molecule has 0 aromatic carbocycles. The standard InChI is InChI=1S/C13H25NO/c1-4-11(5-2)9-12(15)13(6-3)7-8-14-10-13/h11,14H,4-10H2,1-3H3. The second kappa shape index (κ2) is 5.64. The van der Waals surface area contributed by atoms with E-state index in [0.717, 1.165) is 45.2 Å². The number of rotatable bonds is 6. The average Bonchev–Trinajstić information content (AvgIpc) is 2.75. The highest BCUT2D eigenvalue weighted by Crippen LogP contribution is 2.33. The van der Waals surface area contributed by atoms with E-state index in [9.17, 15) is 4.79 Å². The van der Waals surface area contributed by atoms with Gasteiger partial charge in [-0.2, -0.15) is 0 Å². The van der Waals surface area contributed by atoms with Gasteiger partial charge < -0.3 is 5.32 Å². The minimum atomic E-state index is -0.0252. The van der Waals surface area contributed by atoms with Crippen molar-refractivity contribution in [1.82, 2.24) is 5.32 Å². The number of hydrogen-bond donors (Lipinski definition) is 1. The van der Waals surface area contributed by atoms with E-state index in [-0.39, 0.29) is 5.41 Å². The molecule has 0 radical (unpaired) electrons. The largest absolute Gasteiger partial charge is 0.316 e. The molecule has 1 aliphatic heterocycles. The highest BCUT2D eigenvalue weighted by atomic mass is 16.1. The zero-order valence-electron chi connectivity index (χ0n) is 10.4. The lowest BCUT2D eigenvalue weighted by molar-refractivity contribution is -0.129. The van der Waals surface area contributed by atoms with E-state index in [2.05, 4.69) is 26.1 Å². The van der Waals surface area contributed by atoms with Gasteiger partial charge in [-0.1, -0.05) is 33.6 Å². The Hall–Kier alpha value is -0.370. The van der Waals surface area contributed by atoms with Crippen LogP contribution in [0.3, 0.4) is 0 Å². The van der Waals surface area contributed by atoms with Crippen LogP contribution in [0.15, 0.2) is 0 Å². The SMILES string of the molecule is CCC(CC)CC(=O)C1(CC)CCNC1. The Morgan fingerprint density at radius 2 is 2.00 bits per heavy atom. The first-order valence-electron chi connectivity index (χ1n) is 6.42. The Labute approximate surface area is 93.8 Å². The van der Waals surface area contributed by atoms with Gasteiger partial charge in [0, 0.05) is 18.4 Å². The highest BCUT2D eigenvalue weighted by Gasteiger charge is 2.39. The molecule has 1 saturated heterocycles. The summed E-state index contributed by atoms with van der Waals surface area (Å²) in [7, 11) is 0. The van der Waals surface area contributed by atoms with E-state index in [4.69, 9.17) is 0 Å². The first-order chi connectivity index (χ1) is 7.18. The van der Waals surface area contributed by atoms with Gasteiger partial charge in [-0.3, -0.25) is 4.79 Å². The van der Waals surface area contributed by atoms with Crippen LogP contribution in [0.4, 0.5) is 0 Å². The predicted molar refractivity (Wildman–Crippen MR) is 63.9 cm³/mol. The molecule has 1 aliphatic rings. The van der Waals surface area contributed by atoms with Crippen LogP contribution in [0.1, 0.15) is 52.9 Å². The lowest BCUT2D eigenvalue weighted by Gasteiger charge is -2.26. The second-order valence-electron chi connectivity index (χ2n) is 4.87. The summed E-state index contributed by atoms with van der Waals surface area (Å²) < 4.78 is 0. The monoisotopic (exact) mass is 211 g/mol. The third-order valence-electron chi connectivity index (χ3n) is 4.14. The fraction of sp³-hybridized carbons (Fsp3) is 0.923. The Kier molecular flexibility index (Phi) is 4.78. The van der Waals surface area contributed by atoms with Crippen molar-refractivity contribution in [3.8, 4) is 0 Å². The molecule has 1 unspecified atom stereocenters. The minimum Gasteiger partial charge on any atom is -0.316 e. The van der Waals surface area contributed by atoms with Gasteiger partial charge in [0.15, 0.2) is 0 Å². The molecule has 1 heterocycles. The molecule has 0 aromatic rings. The van der Waals surface area contributed by atoms with Crippen molar-refractivity contribution in [3.63, 3.8) is 0 Å². The van der Waals surface area contributed by atoms with E-state index in [1.165, 1.54) is 0 Å². The van der Waals surface area contributed by atoms with E-state index in [0.29, 0.717) is 11.7 Å². The molecule has 88 valence electrons. The number of Topliss-reactive ketones (excluding diaryl/α,β-unsaturated/α-hetero) is 1. The molecule has 0 aliphatic carbocycles. The number of nitrogens with one attached hydrogen (secondary N) is 1. The van der Waals surface area contributed by atoms with Gasteiger partial charge in [0.1, 0.15) is 5.78 Å². The summed E-state index contributed by atoms with van der Waals surface area (Å²) >= 11 is 0. The van der Waals surface area contributed by atoms with Crippen molar-refractivity contribution in [2.75, 3.05) is 13.1 Å². The Morgan fingerprint density at radius 3 is 2.40 bits per heavy atom. The van der Waals surface area contributed by atoms with Gasteiger partial charge in [-0.05, 0) is 25.3 Å². The van der Waals surface area contributed by atoms with Crippen LogP contribution in [0, 0.1) is 11.3 Å². The predicted octanol–water partition coefficient (Wildman–Crippen LogP) is 2.77. The first kappa shape index (κ1) is 12.7. The van der Waals surface area contributed by atoms with E-state index < -0.39 is 0 Å². The van der Waals surface area contributed by atoms with Crippen molar-refractivity contribution < 1.29 is 4.79 Å². The lowest BCUT2D eigenvalue weighted by Crippen LogP contribution is -2.34. The minimum absolute atomic E-state index is 0.0252. The quantitative estimate of drug-likeness (QED) is 0.732. The van der Waals surface area contributed by atoms with Crippen LogP contribution in [0.5, 0.6) is 0 Å². The summed E-state index contributed by atoms with van der Waals surface area (Å²) in [5.74, 6) is 1.10. The number of ketones is 1. The van der Waals surface area contributed by atoms with Gasteiger partial charge >= 0.3 is 0 Å². The van der Waals surface area contributed by atoms with E-state index >= 15 is 0 Å². The smallest absolute Gasteiger partial charge is 0.140 e. The lowest BCUT2D eigenvalue weighted by atomic mass is 9.76. The van der Waals surface area contributed by atoms with Crippen LogP contribution >= 0.6 is 0 Å². The van der Waals surface area contributed by atoms with Crippen molar-refractivity contribution in [2.45, 2.75) is 52.9 Å². The van der Waals surface area contributed by atoms with E-state index in [1.807, 2.05) is 0 Å². The van der Waals surface area contributed by atoms with Gasteiger partial charge in [0.2, 0.25) is 0 Å². The Morgan fingerprint density at radius 1 is 1.33 bits per heavy atom. The molecule has 0 spiro atoms. The molecule has 2 nitrogen and oxygen atoms in total. The third kappa shape index (κ3) is 2.81. The molecule has 1 atom stereocenters. The zero-order valence-corrected chi connectivity index (χ0v) is 10.4. The maximum absolute atomic E-state index is 12.3. The Balaban J connectivity index is 2.57. The summed E-state index contributed by atoms with van der Waals surface area (Å²) in [6.07, 6.45) is 5.11. The summed E-state index contributed by atoms with van der Waals surface area (Å²) in [5.41, 5.74) is -0.0252. The normalized spacial score (nSPS) is 26.1. The summed E-state index contributed by atoms with van der Waals surface area (Å²) in [6, 6.07) is 0.